The topological polar surface area (TPSA) is 114 Å². The van der Waals surface area contributed by atoms with Crippen LogP contribution in [0.1, 0.15) is 90.3 Å². The zero-order valence-corrected chi connectivity index (χ0v) is 28.5. The van der Waals surface area contributed by atoms with Crippen LogP contribution in [0.25, 0.3) is 11.0 Å². The van der Waals surface area contributed by atoms with Gasteiger partial charge in [-0.25, -0.2) is 14.6 Å². The first kappa shape index (κ1) is 33.7. The van der Waals surface area contributed by atoms with E-state index in [-0.39, 0.29) is 12.0 Å². The van der Waals surface area contributed by atoms with Gasteiger partial charge < -0.3 is 14.0 Å². The fraction of sp³-hybridized carbons (Fsp3) is 0.600. The number of rotatable bonds is 8. The molecule has 2 amide bonds. The predicted octanol–water partition coefficient (Wildman–Crippen LogP) is 5.99. The van der Waals surface area contributed by atoms with Gasteiger partial charge in [0.1, 0.15) is 17.0 Å². The normalized spacial score (nSPS) is 19.2. The lowest BCUT2D eigenvalue weighted by molar-refractivity contribution is 0.0169. The summed E-state index contributed by atoms with van der Waals surface area (Å²) in [7, 11) is 2.18. The Balaban J connectivity index is 1.34. The van der Waals surface area contributed by atoms with Crippen molar-refractivity contribution in [3.63, 3.8) is 0 Å². The van der Waals surface area contributed by atoms with Crippen LogP contribution >= 0.6 is 0 Å². The lowest BCUT2D eigenvalue weighted by Crippen LogP contribution is -2.61. The molecule has 2 N–H and O–H groups in total. The van der Waals surface area contributed by atoms with Gasteiger partial charge in [0, 0.05) is 25.8 Å². The Bertz CT molecular complexity index is 1480. The van der Waals surface area contributed by atoms with Crippen LogP contribution in [-0.4, -0.2) is 74.2 Å². The molecule has 0 unspecified atom stereocenters. The smallest absolute Gasteiger partial charge is 0.410 e. The fourth-order valence-electron chi connectivity index (χ4n) is 6.59. The van der Waals surface area contributed by atoms with E-state index in [4.69, 9.17) is 19.4 Å². The minimum atomic E-state index is -0.781. The second kappa shape index (κ2) is 14.0. The first-order valence-electron chi connectivity index (χ1n) is 16.6. The number of ether oxygens (including phenoxy) is 2. The molecule has 46 heavy (non-hydrogen) atoms. The second-order valence-corrected chi connectivity index (χ2v) is 14.7. The number of hydrogen-bond acceptors (Lipinski definition) is 8. The number of alkyl carbamates (subject to hydrolysis) is 2. The number of aryl methyl sites for hydroxylation is 1. The summed E-state index contributed by atoms with van der Waals surface area (Å²) < 4.78 is 13.4. The zero-order chi connectivity index (χ0) is 33.1. The number of imidazole rings is 1. The molecular formula is C35H51N7O4. The molecule has 2 aromatic heterocycles. The van der Waals surface area contributed by atoms with Crippen LogP contribution in [0.15, 0.2) is 42.6 Å². The van der Waals surface area contributed by atoms with E-state index in [9.17, 15) is 9.59 Å². The molecule has 5 rings (SSSR count). The molecule has 0 radical (unpaired) electrons. The van der Waals surface area contributed by atoms with E-state index >= 15 is 0 Å². The molecule has 0 spiro atoms. The van der Waals surface area contributed by atoms with Crippen molar-refractivity contribution >= 4 is 23.2 Å². The number of carbonyl (C=O) groups is 2. The van der Waals surface area contributed by atoms with Crippen LogP contribution < -0.4 is 10.6 Å². The van der Waals surface area contributed by atoms with Crippen molar-refractivity contribution in [3.05, 3.63) is 59.7 Å². The number of pyridine rings is 1. The average molecular weight is 634 g/mol. The Hall–Kier alpha value is -3.70. The van der Waals surface area contributed by atoms with Gasteiger partial charge in [0.15, 0.2) is 6.29 Å². The van der Waals surface area contributed by atoms with Crippen LogP contribution in [0, 0.1) is 5.92 Å². The van der Waals surface area contributed by atoms with E-state index in [2.05, 4.69) is 56.3 Å². The summed E-state index contributed by atoms with van der Waals surface area (Å²) in [6, 6.07) is 12.8. The first-order chi connectivity index (χ1) is 21.8. The standard InChI is InChI=1S/C35H51N7O4/c1-34(2,3)45-32(43)38-31(39-33(44)46-35(4,5)6)41-20-12-13-24(21-41)22-42-27-17-9-8-16-26(27)37-29(42)23-40(7)28-18-10-14-25-15-11-19-36-30(25)28/h8-9,11,15-17,19,24,28,31H,10,12-14,18,20-23H2,1-7H3,(H,38,43)(H,39,44)/t24-,28+/m0/s1. The molecule has 3 heterocycles. The fourth-order valence-corrected chi connectivity index (χ4v) is 6.59. The molecule has 2 atom stereocenters. The van der Waals surface area contributed by atoms with E-state index in [0.717, 1.165) is 55.5 Å². The minimum absolute atomic E-state index is 0.252. The number of likely N-dealkylation sites (tertiary alicyclic amines) is 1. The van der Waals surface area contributed by atoms with Crippen molar-refractivity contribution in [2.24, 2.45) is 5.92 Å². The number of nitrogens with one attached hydrogen (secondary N) is 2. The molecule has 1 aromatic carbocycles. The van der Waals surface area contributed by atoms with Gasteiger partial charge in [0.05, 0.1) is 29.3 Å². The highest BCUT2D eigenvalue weighted by Gasteiger charge is 2.32. The molecule has 1 fully saturated rings. The number of benzene rings is 1. The summed E-state index contributed by atoms with van der Waals surface area (Å²) in [4.78, 5) is 40.1. The van der Waals surface area contributed by atoms with Gasteiger partial charge in [-0.3, -0.25) is 25.4 Å². The van der Waals surface area contributed by atoms with E-state index in [1.807, 2.05) is 59.9 Å². The van der Waals surface area contributed by atoms with Gasteiger partial charge in [-0.2, -0.15) is 0 Å². The van der Waals surface area contributed by atoms with Gasteiger partial charge >= 0.3 is 12.2 Å². The minimum Gasteiger partial charge on any atom is -0.444 e. The summed E-state index contributed by atoms with van der Waals surface area (Å²) in [6.07, 6.45) is 5.17. The summed E-state index contributed by atoms with van der Waals surface area (Å²) in [5, 5.41) is 5.74. The number of carbonyl (C=O) groups excluding carboxylic acids is 2. The molecular weight excluding hydrogens is 582 g/mol. The lowest BCUT2D eigenvalue weighted by atomic mass is 9.91. The maximum Gasteiger partial charge on any atom is 0.410 e. The van der Waals surface area contributed by atoms with Crippen LogP contribution in [-0.2, 0) is 29.0 Å². The van der Waals surface area contributed by atoms with Gasteiger partial charge in [-0.05, 0) is 110 Å². The number of piperidine rings is 1. The summed E-state index contributed by atoms with van der Waals surface area (Å²) in [5.41, 5.74) is 3.27. The Kier molecular flexibility index (Phi) is 10.2. The van der Waals surface area contributed by atoms with Crippen molar-refractivity contribution < 1.29 is 19.1 Å². The second-order valence-electron chi connectivity index (χ2n) is 14.7. The quantitative estimate of drug-likeness (QED) is 0.291. The Morgan fingerprint density at radius 1 is 0.978 bits per heavy atom. The molecule has 11 heteroatoms. The molecule has 0 bridgehead atoms. The molecule has 1 saturated heterocycles. The van der Waals surface area contributed by atoms with Crippen molar-refractivity contribution in [1.82, 2.24) is 35.0 Å². The van der Waals surface area contributed by atoms with E-state index in [1.54, 1.807) is 0 Å². The monoisotopic (exact) mass is 633 g/mol. The molecule has 1 aliphatic heterocycles. The van der Waals surface area contributed by atoms with Gasteiger partial charge in [-0.1, -0.05) is 18.2 Å². The molecule has 250 valence electrons. The highest BCUT2D eigenvalue weighted by Crippen LogP contribution is 2.33. The van der Waals surface area contributed by atoms with Crippen LogP contribution in [0.5, 0.6) is 0 Å². The third kappa shape index (κ3) is 8.76. The van der Waals surface area contributed by atoms with E-state index in [1.165, 1.54) is 11.3 Å². The van der Waals surface area contributed by atoms with Crippen LogP contribution in [0.3, 0.4) is 0 Å². The van der Waals surface area contributed by atoms with Crippen molar-refractivity contribution in [3.8, 4) is 0 Å². The van der Waals surface area contributed by atoms with Crippen molar-refractivity contribution in [2.75, 3.05) is 20.1 Å². The van der Waals surface area contributed by atoms with Crippen LogP contribution in [0.2, 0.25) is 0 Å². The van der Waals surface area contributed by atoms with E-state index < -0.39 is 29.7 Å². The zero-order valence-electron chi connectivity index (χ0n) is 28.5. The van der Waals surface area contributed by atoms with E-state index in [0.29, 0.717) is 19.6 Å². The highest BCUT2D eigenvalue weighted by molar-refractivity contribution is 5.76. The molecule has 1 aliphatic carbocycles. The summed E-state index contributed by atoms with van der Waals surface area (Å²) >= 11 is 0. The van der Waals surface area contributed by atoms with Crippen molar-refractivity contribution in [1.29, 1.82) is 0 Å². The number of para-hydroxylation sites is 2. The largest absolute Gasteiger partial charge is 0.444 e. The van der Waals surface area contributed by atoms with Gasteiger partial charge in [-0.15, -0.1) is 0 Å². The summed E-state index contributed by atoms with van der Waals surface area (Å²) in [6.45, 7) is 13.7. The SMILES string of the molecule is CN(Cc1nc2ccccc2n1C[C@H]1CCCN(C(NC(=O)OC(C)(C)C)NC(=O)OC(C)(C)C)C1)[C@@H]1CCCc2cccnc21. The Morgan fingerprint density at radius 2 is 1.67 bits per heavy atom. The Morgan fingerprint density at radius 3 is 2.37 bits per heavy atom. The third-order valence-corrected chi connectivity index (χ3v) is 8.49. The number of fused-ring (bicyclic) bond motifs is 2. The molecule has 11 nitrogen and oxygen atoms in total. The Labute approximate surface area is 273 Å². The number of amides is 2. The van der Waals surface area contributed by atoms with Crippen molar-refractivity contribution in [2.45, 2.75) is 110 Å². The lowest BCUT2D eigenvalue weighted by Gasteiger charge is -2.39. The average Bonchev–Trinajstić information content (AvgIpc) is 3.31. The number of aromatic nitrogens is 3. The maximum atomic E-state index is 12.8. The maximum absolute atomic E-state index is 12.8. The number of hydrogen-bond donors (Lipinski definition) is 2. The molecule has 0 saturated carbocycles. The first-order valence-corrected chi connectivity index (χ1v) is 16.6. The molecule has 3 aromatic rings. The highest BCUT2D eigenvalue weighted by atomic mass is 16.6. The van der Waals surface area contributed by atoms with Gasteiger partial charge in [0.2, 0.25) is 0 Å². The summed E-state index contributed by atoms with van der Waals surface area (Å²) in [5.74, 6) is 1.29. The number of nitrogens with zero attached hydrogens (tertiary/aromatic N) is 5. The van der Waals surface area contributed by atoms with Crippen LogP contribution in [0.4, 0.5) is 9.59 Å². The van der Waals surface area contributed by atoms with Gasteiger partial charge in [0.25, 0.3) is 0 Å². The predicted molar refractivity (Wildman–Crippen MR) is 178 cm³/mol. The third-order valence-electron chi connectivity index (χ3n) is 8.49. The molecule has 2 aliphatic rings.